The Morgan fingerprint density at radius 1 is 0.776 bits per heavy atom. The zero-order valence-electron chi connectivity index (χ0n) is 32.1. The number of ketones is 2. The van der Waals surface area contributed by atoms with E-state index in [-0.39, 0.29) is 24.8 Å². The Morgan fingerprint density at radius 2 is 1.29 bits per heavy atom. The van der Waals surface area contributed by atoms with Gasteiger partial charge in [-0.1, -0.05) is 45.9 Å². The van der Waals surface area contributed by atoms with Crippen molar-refractivity contribution < 1.29 is 96.3 Å². The monoisotopic (exact) mass is 860 g/mol. The fourth-order valence-corrected chi connectivity index (χ4v) is 7.31. The number of alkyl halides is 12. The first-order chi connectivity index (χ1) is 26.4. The van der Waals surface area contributed by atoms with Crippen molar-refractivity contribution in [3.05, 3.63) is 34.9 Å². The van der Waals surface area contributed by atoms with Gasteiger partial charge < -0.3 is 19.7 Å². The Kier molecular flexibility index (Phi) is 15.4. The van der Waals surface area contributed by atoms with Gasteiger partial charge in [-0.25, -0.2) is 8.78 Å². The molecule has 21 heteroatoms. The molecule has 0 spiro atoms. The molecule has 0 bridgehead atoms. The summed E-state index contributed by atoms with van der Waals surface area (Å²) in [4.78, 5) is 68.0. The smallest absolute Gasteiger partial charge is 0.384 e. The van der Waals surface area contributed by atoms with Crippen molar-refractivity contribution in [1.82, 2.24) is 0 Å². The van der Waals surface area contributed by atoms with Gasteiger partial charge in [0.2, 0.25) is 0 Å². The molecule has 58 heavy (non-hydrogen) atoms. The first kappa shape index (κ1) is 50.2. The molecule has 1 aromatic carbocycles. The summed E-state index contributed by atoms with van der Waals surface area (Å²) in [6, 6.07) is 4.76. The molecule has 0 amide bonds. The molecule has 0 saturated heterocycles. The second-order valence-electron chi connectivity index (χ2n) is 14.8. The van der Waals surface area contributed by atoms with E-state index in [0.29, 0.717) is 18.1 Å². The highest BCUT2D eigenvalue weighted by Crippen LogP contribution is 2.58. The number of esters is 2. The number of benzene rings is 1. The number of halogens is 12. The number of ether oxygens (including phenoxy) is 2. The van der Waals surface area contributed by atoms with Crippen molar-refractivity contribution in [3.8, 4) is 0 Å². The van der Waals surface area contributed by atoms with Crippen LogP contribution >= 0.6 is 0 Å². The molecule has 0 aliphatic heterocycles. The maximum atomic E-state index is 14.9. The van der Waals surface area contributed by atoms with E-state index in [2.05, 4.69) is 4.74 Å². The number of hydrogen-bond donors (Lipinski definition) is 2. The third-order valence-electron chi connectivity index (χ3n) is 11.0. The Labute approximate surface area is 324 Å². The van der Waals surface area contributed by atoms with Gasteiger partial charge in [0.05, 0.1) is 23.4 Å². The topological polar surface area (TPSA) is 144 Å². The molecule has 0 radical (unpaired) electrons. The van der Waals surface area contributed by atoms with E-state index in [9.17, 15) is 81.8 Å². The zero-order chi connectivity index (χ0) is 45.2. The fourth-order valence-electron chi connectivity index (χ4n) is 7.31. The summed E-state index contributed by atoms with van der Waals surface area (Å²) in [5, 5.41) is 19.4. The number of hydrogen-bond acceptors (Lipinski definition) is 8. The highest BCUT2D eigenvalue weighted by atomic mass is 19.4. The van der Waals surface area contributed by atoms with E-state index in [1.165, 1.54) is 13.8 Å². The quantitative estimate of drug-likeness (QED) is 0.0722. The minimum atomic E-state index is -7.94. The maximum Gasteiger partial charge on any atom is 0.384 e. The standard InChI is InChI=1S/C37H44F12O9/c1-7-19-11-10-12-20(8-2)22(19)23-25(51)18(4)24(26(23)52)32(6,16-21(27(53)54)15-31(5,9-3)29(55)57-14-13-50)30(56)58-17-33(40,41)35(44,45)37(48,49)36(46,47)34(42,43)28(38)39/h10-12,18,21,23-24,28,50H,7-9,13-17H2,1-6H3,(H,53,54). The Balaban J connectivity index is 2.80. The average molecular weight is 861 g/mol. The number of carboxylic acids is 1. The number of aliphatic hydroxyl groups excluding tert-OH is 1. The molecule has 2 N–H and O–H groups in total. The second-order valence-corrected chi connectivity index (χ2v) is 14.8. The van der Waals surface area contributed by atoms with Crippen molar-refractivity contribution in [2.75, 3.05) is 19.8 Å². The van der Waals surface area contributed by atoms with E-state index in [4.69, 9.17) is 9.84 Å². The molecule has 1 fully saturated rings. The van der Waals surface area contributed by atoms with Crippen molar-refractivity contribution in [2.24, 2.45) is 28.6 Å². The molecule has 0 heterocycles. The van der Waals surface area contributed by atoms with Crippen LogP contribution in [0, 0.1) is 28.6 Å². The summed E-state index contributed by atoms with van der Waals surface area (Å²) < 4.78 is 176. The fraction of sp³-hybridized carbons (Fsp3) is 0.703. The van der Waals surface area contributed by atoms with Crippen molar-refractivity contribution in [3.63, 3.8) is 0 Å². The van der Waals surface area contributed by atoms with Crippen LogP contribution in [0.2, 0.25) is 0 Å². The second kappa shape index (κ2) is 17.7. The summed E-state index contributed by atoms with van der Waals surface area (Å²) >= 11 is 0. The van der Waals surface area contributed by atoms with Crippen molar-refractivity contribution in [1.29, 1.82) is 0 Å². The van der Waals surface area contributed by atoms with E-state index in [0.717, 1.165) is 6.92 Å². The number of Topliss-reactive ketones (excluding diaryl/α,β-unsaturated/α-hetero) is 2. The molecule has 2 rings (SSSR count). The number of aliphatic hydroxyl groups is 1. The number of aliphatic carboxylic acids is 1. The molecule has 1 aliphatic carbocycles. The number of rotatable bonds is 21. The largest absolute Gasteiger partial charge is 0.481 e. The lowest BCUT2D eigenvalue weighted by atomic mass is 9.64. The minimum absolute atomic E-state index is 0.181. The number of carbonyl (C=O) groups is 5. The zero-order valence-corrected chi connectivity index (χ0v) is 32.1. The van der Waals surface area contributed by atoms with Gasteiger partial charge in [0.25, 0.3) is 0 Å². The Hall–Kier alpha value is -3.91. The summed E-state index contributed by atoms with van der Waals surface area (Å²) in [5.74, 6) is -51.9. The van der Waals surface area contributed by atoms with Crippen LogP contribution in [0.4, 0.5) is 52.7 Å². The summed E-state index contributed by atoms with van der Waals surface area (Å²) in [6.45, 7) is 3.17. The van der Waals surface area contributed by atoms with Crippen LogP contribution in [-0.4, -0.2) is 95.5 Å². The SMILES string of the molecule is CCc1cccc(CC)c1C1C(=O)C(C)C(C(C)(CC(CC(C)(CC)C(=O)OCCO)C(=O)O)C(=O)OCC(F)(F)C(F)(F)C(F)(F)C(F)(F)C(F)(F)C(F)F)C1=O. The van der Waals surface area contributed by atoms with Crippen LogP contribution in [0.15, 0.2) is 18.2 Å². The van der Waals surface area contributed by atoms with Gasteiger partial charge in [0.1, 0.15) is 12.5 Å². The van der Waals surface area contributed by atoms with Crippen LogP contribution in [0.1, 0.15) is 83.4 Å². The van der Waals surface area contributed by atoms with Crippen LogP contribution in [0.3, 0.4) is 0 Å². The normalized spacial score (nSPS) is 21.1. The van der Waals surface area contributed by atoms with Crippen LogP contribution in [0.25, 0.3) is 0 Å². The molecule has 6 unspecified atom stereocenters. The molecule has 1 aliphatic rings. The molecule has 9 nitrogen and oxygen atoms in total. The van der Waals surface area contributed by atoms with Gasteiger partial charge in [-0.05, 0) is 62.6 Å². The molecule has 0 aromatic heterocycles. The molecule has 330 valence electrons. The highest BCUT2D eigenvalue weighted by Gasteiger charge is 2.88. The van der Waals surface area contributed by atoms with E-state index in [1.807, 2.05) is 0 Å². The number of carboxylic acid groups (broad SMARTS) is 1. The molecule has 6 atom stereocenters. The predicted molar refractivity (Wildman–Crippen MR) is 177 cm³/mol. The average Bonchev–Trinajstić information content (AvgIpc) is 3.37. The van der Waals surface area contributed by atoms with Crippen molar-refractivity contribution >= 4 is 29.5 Å². The summed E-state index contributed by atoms with van der Waals surface area (Å²) in [7, 11) is 0. The Morgan fingerprint density at radius 3 is 1.72 bits per heavy atom. The van der Waals surface area contributed by atoms with E-state index in [1.54, 1.807) is 32.0 Å². The van der Waals surface area contributed by atoms with Gasteiger partial charge in [-0.15, -0.1) is 0 Å². The van der Waals surface area contributed by atoms with Crippen LogP contribution in [0.5, 0.6) is 0 Å². The first-order valence-electron chi connectivity index (χ1n) is 17.9. The van der Waals surface area contributed by atoms with Crippen LogP contribution in [-0.2, 0) is 46.3 Å². The molecular formula is C37H44F12O9. The van der Waals surface area contributed by atoms with Gasteiger partial charge >= 0.3 is 53.9 Å². The van der Waals surface area contributed by atoms with E-state index < -0.39 is 133 Å². The highest BCUT2D eigenvalue weighted by molar-refractivity contribution is 6.17. The van der Waals surface area contributed by atoms with Crippen LogP contribution < -0.4 is 0 Å². The lowest BCUT2D eigenvalue weighted by molar-refractivity contribution is -0.414. The van der Waals surface area contributed by atoms with Gasteiger partial charge in [0, 0.05) is 11.8 Å². The van der Waals surface area contributed by atoms with Gasteiger partial charge in [-0.2, -0.15) is 43.9 Å². The molecule has 1 saturated carbocycles. The Bertz CT molecular complexity index is 1680. The first-order valence-corrected chi connectivity index (χ1v) is 17.9. The third-order valence-corrected chi connectivity index (χ3v) is 11.0. The summed E-state index contributed by atoms with van der Waals surface area (Å²) in [5.41, 5.74) is -3.49. The number of carbonyl (C=O) groups excluding carboxylic acids is 4. The van der Waals surface area contributed by atoms with Crippen molar-refractivity contribution in [2.45, 2.75) is 116 Å². The van der Waals surface area contributed by atoms with E-state index >= 15 is 0 Å². The third kappa shape index (κ3) is 8.69. The van der Waals surface area contributed by atoms with Gasteiger partial charge in [-0.3, -0.25) is 24.0 Å². The lowest BCUT2D eigenvalue weighted by Crippen LogP contribution is -2.69. The molecular weight excluding hydrogens is 816 g/mol. The lowest BCUT2D eigenvalue weighted by Gasteiger charge is -2.40. The summed E-state index contributed by atoms with van der Waals surface area (Å²) in [6.07, 6.45) is -7.43. The predicted octanol–water partition coefficient (Wildman–Crippen LogP) is 7.72. The molecule has 1 aromatic rings. The van der Waals surface area contributed by atoms with Gasteiger partial charge in [0.15, 0.2) is 18.2 Å². The minimum Gasteiger partial charge on any atom is -0.481 e. The maximum absolute atomic E-state index is 14.9. The number of aryl methyl sites for hydroxylation is 2.